The Morgan fingerprint density at radius 1 is 1.11 bits per heavy atom. The van der Waals surface area contributed by atoms with E-state index in [4.69, 9.17) is 28.3 Å². The number of carbonyl (C=O) groups is 1. The van der Waals surface area contributed by atoms with E-state index in [2.05, 4.69) is 24.4 Å². The lowest BCUT2D eigenvalue weighted by atomic mass is 10.1. The van der Waals surface area contributed by atoms with Crippen molar-refractivity contribution in [3.63, 3.8) is 0 Å². The molecule has 0 radical (unpaired) electrons. The molecule has 0 fully saturated rings. The van der Waals surface area contributed by atoms with Gasteiger partial charge in [0.25, 0.3) is 5.91 Å². The highest BCUT2D eigenvalue weighted by Gasteiger charge is 2.30. The molecule has 0 saturated heterocycles. The van der Waals surface area contributed by atoms with Crippen LogP contribution < -0.4 is 5.32 Å². The number of hydrogen-bond donors (Lipinski definition) is 1. The maximum absolute atomic E-state index is 12.9. The fourth-order valence-corrected chi connectivity index (χ4v) is 5.35. The Hall–Kier alpha value is -3.07. The Balaban J connectivity index is 1.66. The molecule has 2 heterocycles. The minimum atomic E-state index is -4.47. The van der Waals surface area contributed by atoms with Gasteiger partial charge in [0.2, 0.25) is 0 Å². The molecule has 0 atom stereocenters. The maximum Gasteiger partial charge on any atom is 0.416 e. The van der Waals surface area contributed by atoms with E-state index < -0.39 is 17.6 Å². The van der Waals surface area contributed by atoms with Gasteiger partial charge in [-0.05, 0) is 74.0 Å². The van der Waals surface area contributed by atoms with Crippen LogP contribution >= 0.6 is 34.5 Å². The lowest BCUT2D eigenvalue weighted by Crippen LogP contribution is -2.23. The van der Waals surface area contributed by atoms with Crippen LogP contribution in [-0.4, -0.2) is 15.7 Å². The second kappa shape index (κ2) is 11.8. The highest BCUT2D eigenvalue weighted by atomic mass is 35.5. The average molecular weight is 578 g/mol. The van der Waals surface area contributed by atoms with Gasteiger partial charge in [-0.15, -0.1) is 11.3 Å². The molecule has 4 nitrogen and oxygen atoms in total. The third-order valence-electron chi connectivity index (χ3n) is 5.85. The number of unbranched alkanes of at least 4 members (excludes halogenated alkanes) is 1. The predicted octanol–water partition coefficient (Wildman–Crippen LogP) is 8.98. The third kappa shape index (κ3) is 6.31. The number of benzene rings is 2. The van der Waals surface area contributed by atoms with Crippen molar-refractivity contribution in [1.82, 2.24) is 15.1 Å². The van der Waals surface area contributed by atoms with Crippen LogP contribution in [0.15, 0.2) is 60.7 Å². The van der Waals surface area contributed by atoms with E-state index in [0.717, 1.165) is 58.1 Å². The monoisotopic (exact) mass is 577 g/mol. The van der Waals surface area contributed by atoms with Gasteiger partial charge >= 0.3 is 6.18 Å². The molecule has 1 N–H and O–H groups in total. The number of carbonyl (C=O) groups excluding carboxylic acids is 1. The summed E-state index contributed by atoms with van der Waals surface area (Å²) >= 11 is 14.2. The van der Waals surface area contributed by atoms with Crippen molar-refractivity contribution in [3.05, 3.63) is 98.0 Å². The van der Waals surface area contributed by atoms with Gasteiger partial charge in [-0.25, -0.2) is 4.68 Å². The van der Waals surface area contributed by atoms with Gasteiger partial charge in [0.15, 0.2) is 0 Å². The SMILES string of the molecule is CCC/C=C/c1ccc(-c2c(C)c(CNC(=O)c3ccc(C(F)(F)F)cc3)nn2-c2ccc(Cl)cc2Cl)s1. The molecule has 0 aliphatic heterocycles. The standard InChI is InChI=1S/C28H24Cl2F3N3OS/c1-3-4-5-6-21-12-14-25(38-21)26-17(2)23(35-36(26)24-13-11-20(29)15-22(24)30)16-34-27(37)18-7-9-19(10-8-18)28(31,32)33/h5-15H,3-4,16H2,1-2H3,(H,34,37)/b6-5+. The number of nitrogens with one attached hydrogen (secondary N) is 1. The van der Waals surface area contributed by atoms with E-state index in [0.29, 0.717) is 21.4 Å². The van der Waals surface area contributed by atoms with Gasteiger partial charge in [-0.3, -0.25) is 4.79 Å². The Bertz CT molecular complexity index is 1470. The number of allylic oxidation sites excluding steroid dienone is 1. The number of hydrogen-bond acceptors (Lipinski definition) is 3. The summed E-state index contributed by atoms with van der Waals surface area (Å²) in [5, 5.41) is 8.43. The zero-order chi connectivity index (χ0) is 27.4. The molecule has 0 bridgehead atoms. The van der Waals surface area contributed by atoms with Gasteiger partial charge in [-0.2, -0.15) is 18.3 Å². The van der Waals surface area contributed by atoms with Crippen LogP contribution in [0.5, 0.6) is 0 Å². The highest BCUT2D eigenvalue weighted by Crippen LogP contribution is 2.36. The molecular weight excluding hydrogens is 554 g/mol. The molecule has 1 amide bonds. The normalized spacial score (nSPS) is 11.9. The number of rotatable bonds is 8. The van der Waals surface area contributed by atoms with Crippen LogP contribution in [0.1, 0.15) is 51.8 Å². The van der Waals surface area contributed by atoms with Crippen LogP contribution in [0.4, 0.5) is 13.2 Å². The largest absolute Gasteiger partial charge is 0.416 e. The summed E-state index contributed by atoms with van der Waals surface area (Å²) in [4.78, 5) is 14.7. The van der Waals surface area contributed by atoms with E-state index in [9.17, 15) is 18.0 Å². The van der Waals surface area contributed by atoms with Crippen LogP contribution in [0, 0.1) is 6.92 Å². The van der Waals surface area contributed by atoms with Crippen LogP contribution in [0.2, 0.25) is 10.0 Å². The second-order valence-electron chi connectivity index (χ2n) is 8.58. The van der Waals surface area contributed by atoms with E-state index >= 15 is 0 Å². The molecule has 198 valence electrons. The van der Waals surface area contributed by atoms with E-state index in [1.165, 1.54) is 0 Å². The summed E-state index contributed by atoms with van der Waals surface area (Å²) in [5.74, 6) is -0.502. The zero-order valence-electron chi connectivity index (χ0n) is 20.6. The number of thiophene rings is 1. The molecule has 0 aliphatic rings. The van der Waals surface area contributed by atoms with Crippen molar-refractivity contribution in [2.24, 2.45) is 0 Å². The first-order valence-corrected chi connectivity index (χ1v) is 13.4. The molecular formula is C28H24Cl2F3N3OS. The molecule has 38 heavy (non-hydrogen) atoms. The molecule has 4 aromatic rings. The molecule has 4 rings (SSSR count). The number of nitrogens with zero attached hydrogens (tertiary/aromatic N) is 2. The first kappa shape index (κ1) is 28.0. The fourth-order valence-electron chi connectivity index (χ4n) is 3.84. The van der Waals surface area contributed by atoms with Crippen molar-refractivity contribution in [2.45, 2.75) is 39.4 Å². The Kier molecular flexibility index (Phi) is 8.65. The lowest BCUT2D eigenvalue weighted by molar-refractivity contribution is -0.137. The molecule has 0 aliphatic carbocycles. The van der Waals surface area contributed by atoms with Gasteiger partial charge in [0.05, 0.1) is 39.1 Å². The lowest BCUT2D eigenvalue weighted by Gasteiger charge is -2.09. The van der Waals surface area contributed by atoms with Crippen molar-refractivity contribution >= 4 is 46.5 Å². The van der Waals surface area contributed by atoms with Crippen molar-refractivity contribution in [3.8, 4) is 16.3 Å². The topological polar surface area (TPSA) is 46.9 Å². The van der Waals surface area contributed by atoms with Gasteiger partial charge in [0.1, 0.15) is 0 Å². The Labute approximate surface area is 232 Å². The number of aromatic nitrogens is 2. The molecule has 0 saturated carbocycles. The summed E-state index contributed by atoms with van der Waals surface area (Å²) in [6.45, 7) is 4.11. The maximum atomic E-state index is 12.9. The molecule has 2 aromatic heterocycles. The zero-order valence-corrected chi connectivity index (χ0v) is 22.9. The first-order chi connectivity index (χ1) is 18.1. The highest BCUT2D eigenvalue weighted by molar-refractivity contribution is 7.16. The van der Waals surface area contributed by atoms with Crippen LogP contribution in [0.3, 0.4) is 0 Å². The van der Waals surface area contributed by atoms with Crippen molar-refractivity contribution in [1.29, 1.82) is 0 Å². The molecule has 0 spiro atoms. The minimum absolute atomic E-state index is 0.0749. The quantitative estimate of drug-likeness (QED) is 0.227. The first-order valence-electron chi connectivity index (χ1n) is 11.8. The molecule has 0 unspecified atom stereocenters. The average Bonchev–Trinajstić information content (AvgIpc) is 3.46. The van der Waals surface area contributed by atoms with Crippen LogP contribution in [-0.2, 0) is 12.7 Å². The van der Waals surface area contributed by atoms with Crippen molar-refractivity contribution < 1.29 is 18.0 Å². The number of amides is 1. The summed E-state index contributed by atoms with van der Waals surface area (Å²) in [5.41, 5.74) is 2.21. The third-order valence-corrected chi connectivity index (χ3v) is 7.44. The summed E-state index contributed by atoms with van der Waals surface area (Å²) in [7, 11) is 0. The molecule has 10 heteroatoms. The smallest absolute Gasteiger partial charge is 0.346 e. The summed E-state index contributed by atoms with van der Waals surface area (Å²) < 4.78 is 40.3. The summed E-state index contributed by atoms with van der Waals surface area (Å²) in [6.07, 6.45) is 1.82. The summed E-state index contributed by atoms with van der Waals surface area (Å²) in [6, 6.07) is 13.3. The minimum Gasteiger partial charge on any atom is -0.346 e. The second-order valence-corrected chi connectivity index (χ2v) is 10.5. The van der Waals surface area contributed by atoms with Gasteiger partial charge in [-0.1, -0.05) is 42.6 Å². The number of halogens is 5. The number of alkyl halides is 3. The fraction of sp³-hybridized carbons (Fsp3) is 0.214. The van der Waals surface area contributed by atoms with Crippen LogP contribution in [0.25, 0.3) is 22.3 Å². The Morgan fingerprint density at radius 2 is 1.84 bits per heavy atom. The molecule has 2 aromatic carbocycles. The van der Waals surface area contributed by atoms with Gasteiger partial charge in [0, 0.05) is 21.0 Å². The van der Waals surface area contributed by atoms with Crippen molar-refractivity contribution in [2.75, 3.05) is 0 Å². The van der Waals surface area contributed by atoms with E-state index in [-0.39, 0.29) is 12.1 Å². The predicted molar refractivity (Wildman–Crippen MR) is 148 cm³/mol. The van der Waals surface area contributed by atoms with E-state index in [1.807, 2.05) is 19.1 Å². The van der Waals surface area contributed by atoms with E-state index in [1.54, 1.807) is 34.2 Å². The van der Waals surface area contributed by atoms with Gasteiger partial charge < -0.3 is 5.32 Å². The Morgan fingerprint density at radius 3 is 2.50 bits per heavy atom.